The maximum absolute atomic E-state index is 12.8. The van der Waals surface area contributed by atoms with Crippen LogP contribution in [0.5, 0.6) is 17.2 Å². The molecule has 28 heavy (non-hydrogen) atoms. The molecule has 1 heterocycles. The largest absolute Gasteiger partial charge is 0.496 e. The quantitative estimate of drug-likeness (QED) is 0.819. The van der Waals surface area contributed by atoms with Crippen LogP contribution in [0, 0.1) is 5.41 Å². The third kappa shape index (κ3) is 4.05. The van der Waals surface area contributed by atoms with Gasteiger partial charge in [-0.1, -0.05) is 18.2 Å². The number of anilines is 1. The molecular formula is C21H25NO6. The zero-order chi connectivity index (χ0) is 20.1. The lowest BCUT2D eigenvalue weighted by Crippen LogP contribution is -2.45. The average Bonchev–Trinajstić information content (AvgIpc) is 2.74. The fourth-order valence-electron chi connectivity index (χ4n) is 2.98. The second kappa shape index (κ2) is 8.50. The van der Waals surface area contributed by atoms with E-state index in [9.17, 15) is 4.79 Å². The number of hydrogen-bond donors (Lipinski definition) is 1. The van der Waals surface area contributed by atoms with Gasteiger partial charge in [-0.2, -0.15) is 0 Å². The number of amides is 1. The molecule has 3 rings (SSSR count). The van der Waals surface area contributed by atoms with E-state index in [4.69, 9.17) is 23.7 Å². The van der Waals surface area contributed by atoms with Crippen LogP contribution in [0.2, 0.25) is 0 Å². The summed E-state index contributed by atoms with van der Waals surface area (Å²) in [5.41, 5.74) is 0.578. The van der Waals surface area contributed by atoms with Crippen LogP contribution in [0.3, 0.4) is 0 Å². The molecule has 1 amide bonds. The van der Waals surface area contributed by atoms with E-state index in [1.165, 1.54) is 0 Å². The Balaban J connectivity index is 1.67. The van der Waals surface area contributed by atoms with Crippen LogP contribution >= 0.6 is 0 Å². The average molecular weight is 387 g/mol. The lowest BCUT2D eigenvalue weighted by molar-refractivity contribution is -0.226. The maximum Gasteiger partial charge on any atom is 0.235 e. The van der Waals surface area contributed by atoms with Gasteiger partial charge in [-0.3, -0.25) is 4.79 Å². The normalized spacial score (nSPS) is 21.6. The summed E-state index contributed by atoms with van der Waals surface area (Å²) in [4.78, 5) is 12.8. The molecular weight excluding hydrogens is 362 g/mol. The number of para-hydroxylation sites is 1. The van der Waals surface area contributed by atoms with E-state index in [2.05, 4.69) is 5.32 Å². The number of carbonyl (C=O) groups is 1. The van der Waals surface area contributed by atoms with Gasteiger partial charge in [-0.05, 0) is 25.1 Å². The molecule has 0 bridgehead atoms. The Kier molecular flexibility index (Phi) is 6.06. The van der Waals surface area contributed by atoms with Crippen LogP contribution in [0.4, 0.5) is 5.69 Å². The molecule has 1 aliphatic heterocycles. The zero-order valence-electron chi connectivity index (χ0n) is 16.5. The summed E-state index contributed by atoms with van der Waals surface area (Å²) in [5, 5.41) is 2.90. The highest BCUT2D eigenvalue weighted by molar-refractivity contribution is 5.95. The van der Waals surface area contributed by atoms with Gasteiger partial charge >= 0.3 is 0 Å². The van der Waals surface area contributed by atoms with Crippen molar-refractivity contribution in [1.29, 1.82) is 0 Å². The number of rotatable bonds is 6. The van der Waals surface area contributed by atoms with Gasteiger partial charge in [0.1, 0.15) is 5.75 Å². The second-order valence-electron chi connectivity index (χ2n) is 6.78. The van der Waals surface area contributed by atoms with E-state index in [0.29, 0.717) is 22.9 Å². The van der Waals surface area contributed by atoms with Gasteiger partial charge in [0.05, 0.1) is 40.0 Å². The molecule has 2 aromatic rings. The highest BCUT2D eigenvalue weighted by Crippen LogP contribution is 2.36. The lowest BCUT2D eigenvalue weighted by atomic mass is 9.90. The molecule has 0 radical (unpaired) electrons. The first-order chi connectivity index (χ1) is 13.5. The molecule has 1 N–H and O–H groups in total. The number of nitrogens with one attached hydrogen (secondary N) is 1. The van der Waals surface area contributed by atoms with Crippen LogP contribution in [-0.2, 0) is 14.3 Å². The summed E-state index contributed by atoms with van der Waals surface area (Å²) < 4.78 is 27.6. The molecule has 0 aromatic heterocycles. The molecule has 150 valence electrons. The third-order valence-corrected chi connectivity index (χ3v) is 4.69. The van der Waals surface area contributed by atoms with E-state index in [-0.39, 0.29) is 19.1 Å². The van der Waals surface area contributed by atoms with Gasteiger partial charge in [0.2, 0.25) is 5.91 Å². The number of benzene rings is 2. The summed E-state index contributed by atoms with van der Waals surface area (Å²) in [5.74, 6) is 1.62. The molecule has 0 saturated carbocycles. The van der Waals surface area contributed by atoms with Crippen LogP contribution in [0.15, 0.2) is 42.5 Å². The Morgan fingerprint density at radius 1 is 0.964 bits per heavy atom. The second-order valence-corrected chi connectivity index (χ2v) is 6.78. The van der Waals surface area contributed by atoms with Crippen molar-refractivity contribution in [3.8, 4) is 17.2 Å². The predicted octanol–water partition coefficient (Wildman–Crippen LogP) is 3.40. The van der Waals surface area contributed by atoms with Gasteiger partial charge in [0.15, 0.2) is 17.8 Å². The van der Waals surface area contributed by atoms with E-state index in [1.807, 2.05) is 31.2 Å². The monoisotopic (exact) mass is 387 g/mol. The molecule has 1 fully saturated rings. The Labute approximate surface area is 164 Å². The first-order valence-electron chi connectivity index (χ1n) is 8.90. The Hall–Kier alpha value is -2.77. The molecule has 0 unspecified atom stereocenters. The fraction of sp³-hybridized carbons (Fsp3) is 0.381. The molecule has 2 aromatic carbocycles. The van der Waals surface area contributed by atoms with E-state index < -0.39 is 11.7 Å². The molecule has 0 aliphatic carbocycles. The van der Waals surface area contributed by atoms with Gasteiger partial charge in [0, 0.05) is 17.3 Å². The van der Waals surface area contributed by atoms with Crippen LogP contribution in [-0.4, -0.2) is 40.5 Å². The Morgan fingerprint density at radius 3 is 2.25 bits per heavy atom. The minimum Gasteiger partial charge on any atom is -0.496 e. The van der Waals surface area contributed by atoms with Gasteiger partial charge in [-0.15, -0.1) is 0 Å². The van der Waals surface area contributed by atoms with Gasteiger partial charge < -0.3 is 29.0 Å². The van der Waals surface area contributed by atoms with E-state index in [1.54, 1.807) is 39.5 Å². The van der Waals surface area contributed by atoms with Gasteiger partial charge in [-0.25, -0.2) is 0 Å². The predicted molar refractivity (Wildman–Crippen MR) is 104 cm³/mol. The van der Waals surface area contributed by atoms with E-state index in [0.717, 1.165) is 5.56 Å². The molecule has 0 atom stereocenters. The summed E-state index contributed by atoms with van der Waals surface area (Å²) in [7, 11) is 4.71. The van der Waals surface area contributed by atoms with Crippen molar-refractivity contribution in [3.05, 3.63) is 48.0 Å². The smallest absolute Gasteiger partial charge is 0.235 e. The maximum atomic E-state index is 12.8. The Morgan fingerprint density at radius 2 is 1.61 bits per heavy atom. The van der Waals surface area contributed by atoms with Crippen molar-refractivity contribution in [3.63, 3.8) is 0 Å². The first-order valence-corrected chi connectivity index (χ1v) is 8.90. The summed E-state index contributed by atoms with van der Waals surface area (Å²) in [6, 6.07) is 12.7. The topological polar surface area (TPSA) is 75.3 Å². The zero-order valence-corrected chi connectivity index (χ0v) is 16.5. The molecule has 7 nitrogen and oxygen atoms in total. The van der Waals surface area contributed by atoms with Crippen molar-refractivity contribution in [2.75, 3.05) is 39.9 Å². The summed E-state index contributed by atoms with van der Waals surface area (Å²) in [6.45, 7) is 2.24. The van der Waals surface area contributed by atoms with E-state index >= 15 is 0 Å². The minimum absolute atomic E-state index is 0.196. The third-order valence-electron chi connectivity index (χ3n) is 4.69. The van der Waals surface area contributed by atoms with Crippen molar-refractivity contribution in [2.24, 2.45) is 5.41 Å². The van der Waals surface area contributed by atoms with Crippen molar-refractivity contribution < 1.29 is 28.5 Å². The molecule has 1 aliphatic rings. The highest BCUT2D eigenvalue weighted by Gasteiger charge is 2.40. The number of hydrogen-bond acceptors (Lipinski definition) is 6. The van der Waals surface area contributed by atoms with Crippen molar-refractivity contribution in [2.45, 2.75) is 13.2 Å². The minimum atomic E-state index is -0.828. The van der Waals surface area contributed by atoms with Gasteiger partial charge in [0.25, 0.3) is 0 Å². The number of ether oxygens (including phenoxy) is 5. The van der Waals surface area contributed by atoms with Crippen LogP contribution < -0.4 is 19.5 Å². The van der Waals surface area contributed by atoms with Crippen LogP contribution in [0.1, 0.15) is 18.8 Å². The standard InChI is InChI=1S/C21H25NO6/c1-21(20(23)22-14-9-10-17(25-3)18(11-14)26-4)12-27-19(28-13-21)15-7-5-6-8-16(15)24-2/h5-11,19H,12-13H2,1-4H3,(H,22,23). The number of carbonyl (C=O) groups excluding carboxylic acids is 1. The van der Waals surface area contributed by atoms with Crippen molar-refractivity contribution >= 4 is 11.6 Å². The molecule has 1 saturated heterocycles. The molecule has 7 heteroatoms. The van der Waals surface area contributed by atoms with Crippen LogP contribution in [0.25, 0.3) is 0 Å². The first kappa shape index (κ1) is 20.0. The number of methoxy groups -OCH3 is 3. The highest BCUT2D eigenvalue weighted by atomic mass is 16.7. The summed E-state index contributed by atoms with van der Waals surface area (Å²) in [6.07, 6.45) is -0.571. The molecule has 0 spiro atoms. The SMILES string of the molecule is COc1ccc(NC(=O)C2(C)COC(c3ccccc3OC)OC2)cc1OC. The Bertz CT molecular complexity index is 829. The fourth-order valence-corrected chi connectivity index (χ4v) is 2.98. The van der Waals surface area contributed by atoms with Crippen molar-refractivity contribution in [1.82, 2.24) is 0 Å². The summed E-state index contributed by atoms with van der Waals surface area (Å²) >= 11 is 0. The lowest BCUT2D eigenvalue weighted by Gasteiger charge is -2.36.